The highest BCUT2D eigenvalue weighted by atomic mass is 35.5. The van der Waals surface area contributed by atoms with E-state index in [0.29, 0.717) is 6.42 Å². The van der Waals surface area contributed by atoms with Gasteiger partial charge >= 0.3 is 0 Å². The molecule has 6 heteroatoms. The van der Waals surface area contributed by atoms with Gasteiger partial charge in [0.2, 0.25) is 5.91 Å². The zero-order valence-electron chi connectivity index (χ0n) is 13.7. The molecule has 1 atom stereocenters. The number of anilines is 1. The Morgan fingerprint density at radius 2 is 2.25 bits per heavy atom. The normalized spacial score (nSPS) is 17.7. The molecular formula is C18H23ClN4O. The lowest BCUT2D eigenvalue weighted by Gasteiger charge is -2.35. The quantitative estimate of drug-likeness (QED) is 0.874. The van der Waals surface area contributed by atoms with E-state index in [1.54, 1.807) is 12.5 Å². The second kappa shape index (κ2) is 8.20. The molecule has 1 N–H and O–H groups in total. The van der Waals surface area contributed by atoms with E-state index in [1.165, 1.54) is 0 Å². The number of carbonyl (C=O) groups is 1. The van der Waals surface area contributed by atoms with Crippen molar-refractivity contribution in [2.45, 2.75) is 38.3 Å². The fourth-order valence-electron chi connectivity index (χ4n) is 3.16. The van der Waals surface area contributed by atoms with Crippen LogP contribution in [0.3, 0.4) is 0 Å². The molecule has 1 fully saturated rings. The maximum Gasteiger partial charge on any atom is 0.220 e. The van der Waals surface area contributed by atoms with Crippen molar-refractivity contribution in [1.82, 2.24) is 14.9 Å². The summed E-state index contributed by atoms with van der Waals surface area (Å²) in [7, 11) is 0. The molecule has 0 spiro atoms. The lowest BCUT2D eigenvalue weighted by molar-refractivity contribution is -0.122. The number of amides is 1. The molecule has 128 valence electrons. The summed E-state index contributed by atoms with van der Waals surface area (Å²) in [5.74, 6) is 0.126. The van der Waals surface area contributed by atoms with Crippen LogP contribution in [0.2, 0.25) is 5.02 Å². The number of carbonyl (C=O) groups excluding carboxylic acids is 1. The van der Waals surface area contributed by atoms with Crippen LogP contribution in [0.25, 0.3) is 0 Å². The molecule has 1 aliphatic rings. The van der Waals surface area contributed by atoms with Crippen LogP contribution in [0.4, 0.5) is 5.69 Å². The molecule has 2 aromatic rings. The molecule has 1 aromatic carbocycles. The van der Waals surface area contributed by atoms with Crippen LogP contribution >= 0.6 is 11.6 Å². The Hall–Kier alpha value is -2.01. The Balaban J connectivity index is 1.46. The standard InChI is InChI=1S/C18H23ClN4O/c19-16-6-1-2-7-17(16)23-11-3-5-15(13-23)21-18(24)8-4-10-22-12-9-20-14-22/h1-2,6-7,9,12,14-15H,3-5,8,10-11,13H2,(H,21,24)/t15-/m1/s1. The highest BCUT2D eigenvalue weighted by Crippen LogP contribution is 2.27. The topological polar surface area (TPSA) is 50.2 Å². The van der Waals surface area contributed by atoms with E-state index in [4.69, 9.17) is 11.6 Å². The van der Waals surface area contributed by atoms with E-state index in [2.05, 4.69) is 15.2 Å². The Morgan fingerprint density at radius 3 is 3.04 bits per heavy atom. The molecule has 1 aliphatic heterocycles. The summed E-state index contributed by atoms with van der Waals surface area (Å²) in [6.45, 7) is 2.62. The van der Waals surface area contributed by atoms with Crippen molar-refractivity contribution >= 4 is 23.2 Å². The van der Waals surface area contributed by atoms with Crippen LogP contribution in [-0.4, -0.2) is 34.6 Å². The Morgan fingerprint density at radius 1 is 1.38 bits per heavy atom. The summed E-state index contributed by atoms with van der Waals surface area (Å²) in [5.41, 5.74) is 1.05. The number of nitrogens with zero attached hydrogens (tertiary/aromatic N) is 3. The van der Waals surface area contributed by atoms with Crippen LogP contribution in [-0.2, 0) is 11.3 Å². The highest BCUT2D eigenvalue weighted by molar-refractivity contribution is 6.33. The van der Waals surface area contributed by atoms with Crippen molar-refractivity contribution in [2.75, 3.05) is 18.0 Å². The third kappa shape index (κ3) is 4.51. The summed E-state index contributed by atoms with van der Waals surface area (Å²) < 4.78 is 1.99. The first-order valence-corrected chi connectivity index (χ1v) is 8.85. The van der Waals surface area contributed by atoms with E-state index in [0.717, 1.165) is 49.6 Å². The van der Waals surface area contributed by atoms with Gasteiger partial charge in [-0.1, -0.05) is 23.7 Å². The molecule has 1 aromatic heterocycles. The predicted octanol–water partition coefficient (Wildman–Crippen LogP) is 3.10. The molecule has 0 unspecified atom stereocenters. The van der Waals surface area contributed by atoms with Gasteiger partial charge < -0.3 is 14.8 Å². The summed E-state index contributed by atoms with van der Waals surface area (Å²) in [6, 6.07) is 8.08. The van der Waals surface area contributed by atoms with Crippen molar-refractivity contribution in [3.63, 3.8) is 0 Å². The van der Waals surface area contributed by atoms with Crippen molar-refractivity contribution < 1.29 is 4.79 Å². The first-order valence-electron chi connectivity index (χ1n) is 8.47. The predicted molar refractivity (Wildman–Crippen MR) is 96.3 cm³/mol. The molecule has 1 saturated heterocycles. The largest absolute Gasteiger partial charge is 0.368 e. The van der Waals surface area contributed by atoms with Gasteiger partial charge in [-0.05, 0) is 31.4 Å². The molecule has 24 heavy (non-hydrogen) atoms. The first-order chi connectivity index (χ1) is 11.7. The van der Waals surface area contributed by atoms with Gasteiger partial charge in [0, 0.05) is 44.5 Å². The van der Waals surface area contributed by atoms with E-state index < -0.39 is 0 Å². The van der Waals surface area contributed by atoms with E-state index in [9.17, 15) is 4.79 Å². The zero-order valence-corrected chi connectivity index (χ0v) is 14.5. The number of nitrogens with one attached hydrogen (secondary N) is 1. The van der Waals surface area contributed by atoms with Crippen LogP contribution < -0.4 is 10.2 Å². The second-order valence-corrected chi connectivity index (χ2v) is 6.62. The average Bonchev–Trinajstić information content (AvgIpc) is 3.09. The molecule has 2 heterocycles. The van der Waals surface area contributed by atoms with Gasteiger partial charge in [0.25, 0.3) is 0 Å². The number of imidazole rings is 1. The number of para-hydroxylation sites is 1. The minimum Gasteiger partial charge on any atom is -0.368 e. The van der Waals surface area contributed by atoms with Gasteiger partial charge in [0.15, 0.2) is 0 Å². The number of benzene rings is 1. The number of aromatic nitrogens is 2. The zero-order chi connectivity index (χ0) is 16.8. The van der Waals surface area contributed by atoms with Crippen molar-refractivity contribution in [1.29, 1.82) is 0 Å². The molecule has 0 saturated carbocycles. The van der Waals surface area contributed by atoms with Crippen molar-refractivity contribution in [2.24, 2.45) is 0 Å². The fourth-order valence-corrected chi connectivity index (χ4v) is 3.42. The molecule has 0 bridgehead atoms. The fraction of sp³-hybridized carbons (Fsp3) is 0.444. The number of aryl methyl sites for hydroxylation is 1. The Kier molecular flexibility index (Phi) is 5.75. The van der Waals surface area contributed by atoms with E-state index >= 15 is 0 Å². The van der Waals surface area contributed by atoms with Gasteiger partial charge in [-0.25, -0.2) is 4.98 Å². The molecule has 0 aliphatic carbocycles. The first kappa shape index (κ1) is 16.8. The van der Waals surface area contributed by atoms with Gasteiger partial charge in [-0.3, -0.25) is 4.79 Å². The second-order valence-electron chi connectivity index (χ2n) is 6.21. The summed E-state index contributed by atoms with van der Waals surface area (Å²) in [4.78, 5) is 18.4. The third-order valence-corrected chi connectivity index (χ3v) is 4.68. The smallest absolute Gasteiger partial charge is 0.220 e. The highest BCUT2D eigenvalue weighted by Gasteiger charge is 2.22. The lowest BCUT2D eigenvalue weighted by Crippen LogP contribution is -2.47. The Bertz CT molecular complexity index is 659. The number of hydrogen-bond donors (Lipinski definition) is 1. The SMILES string of the molecule is O=C(CCCn1ccnc1)N[C@@H]1CCCN(c2ccccc2Cl)C1. The Labute approximate surface area is 147 Å². The van der Waals surface area contributed by atoms with Gasteiger partial charge in [0.05, 0.1) is 17.0 Å². The lowest BCUT2D eigenvalue weighted by atomic mass is 10.0. The van der Waals surface area contributed by atoms with Gasteiger partial charge in [-0.15, -0.1) is 0 Å². The summed E-state index contributed by atoms with van der Waals surface area (Å²) in [5, 5.41) is 3.94. The number of piperidine rings is 1. The van der Waals surface area contributed by atoms with E-state index in [-0.39, 0.29) is 11.9 Å². The molecule has 5 nitrogen and oxygen atoms in total. The average molecular weight is 347 g/mol. The van der Waals surface area contributed by atoms with Crippen LogP contribution in [0.5, 0.6) is 0 Å². The number of hydrogen-bond acceptors (Lipinski definition) is 3. The third-order valence-electron chi connectivity index (χ3n) is 4.36. The molecule has 1 amide bonds. The van der Waals surface area contributed by atoms with Gasteiger partial charge in [0.1, 0.15) is 0 Å². The maximum atomic E-state index is 12.2. The minimum atomic E-state index is 0.126. The maximum absolute atomic E-state index is 12.2. The van der Waals surface area contributed by atoms with Crippen LogP contribution in [0.1, 0.15) is 25.7 Å². The number of rotatable bonds is 6. The minimum absolute atomic E-state index is 0.126. The summed E-state index contributed by atoms with van der Waals surface area (Å²) >= 11 is 6.29. The van der Waals surface area contributed by atoms with E-state index in [1.807, 2.05) is 35.0 Å². The molecule has 3 rings (SSSR count). The van der Waals surface area contributed by atoms with Gasteiger partial charge in [-0.2, -0.15) is 0 Å². The number of halogens is 1. The van der Waals surface area contributed by atoms with Crippen molar-refractivity contribution in [3.8, 4) is 0 Å². The van der Waals surface area contributed by atoms with Crippen molar-refractivity contribution in [3.05, 3.63) is 48.0 Å². The molecule has 0 radical (unpaired) electrons. The molecular weight excluding hydrogens is 324 g/mol. The monoisotopic (exact) mass is 346 g/mol. The van der Waals surface area contributed by atoms with Crippen LogP contribution in [0.15, 0.2) is 43.0 Å². The van der Waals surface area contributed by atoms with Crippen LogP contribution in [0, 0.1) is 0 Å². The summed E-state index contributed by atoms with van der Waals surface area (Å²) in [6.07, 6.45) is 8.90.